The molecule has 2 heterocycles. The zero-order valence-electron chi connectivity index (χ0n) is 14.6. The highest BCUT2D eigenvalue weighted by atomic mass is 16.5. The van der Waals surface area contributed by atoms with Gasteiger partial charge in [0.15, 0.2) is 0 Å². The lowest BCUT2D eigenvalue weighted by Gasteiger charge is -2.11. The quantitative estimate of drug-likeness (QED) is 0.797. The van der Waals surface area contributed by atoms with Crippen LogP contribution >= 0.6 is 0 Å². The summed E-state index contributed by atoms with van der Waals surface area (Å²) < 4.78 is 5.48. The summed E-state index contributed by atoms with van der Waals surface area (Å²) in [4.78, 5) is 28.6. The van der Waals surface area contributed by atoms with Gasteiger partial charge in [0.05, 0.1) is 6.10 Å². The van der Waals surface area contributed by atoms with Gasteiger partial charge >= 0.3 is 0 Å². The number of amides is 2. The molecule has 2 amide bonds. The van der Waals surface area contributed by atoms with E-state index in [1.807, 2.05) is 30.3 Å². The first kappa shape index (κ1) is 18.1. The fraction of sp³-hybridized carbons (Fsp3) is 0.350. The van der Waals surface area contributed by atoms with Crippen molar-refractivity contribution in [1.82, 2.24) is 15.6 Å². The summed E-state index contributed by atoms with van der Waals surface area (Å²) in [6.45, 7) is 1.73. The minimum Gasteiger partial charge on any atom is -0.376 e. The molecule has 2 N–H and O–H groups in total. The van der Waals surface area contributed by atoms with Crippen LogP contribution in [-0.2, 0) is 11.2 Å². The van der Waals surface area contributed by atoms with Gasteiger partial charge in [-0.1, -0.05) is 36.4 Å². The summed E-state index contributed by atoms with van der Waals surface area (Å²) in [6, 6.07) is 14.8. The second-order valence-corrected chi connectivity index (χ2v) is 6.24. The monoisotopic (exact) mass is 353 g/mol. The number of hydrogen-bond donors (Lipinski definition) is 2. The third-order valence-corrected chi connectivity index (χ3v) is 4.27. The second kappa shape index (κ2) is 9.10. The highest BCUT2D eigenvalue weighted by molar-refractivity contribution is 5.96. The van der Waals surface area contributed by atoms with Crippen LogP contribution in [0.1, 0.15) is 39.4 Å². The van der Waals surface area contributed by atoms with Gasteiger partial charge in [-0.3, -0.25) is 9.59 Å². The van der Waals surface area contributed by atoms with Gasteiger partial charge in [-0.05, 0) is 37.0 Å². The van der Waals surface area contributed by atoms with Crippen LogP contribution in [0.15, 0.2) is 48.5 Å². The molecule has 2 aromatic rings. The van der Waals surface area contributed by atoms with Gasteiger partial charge in [-0.25, -0.2) is 4.98 Å². The predicted molar refractivity (Wildman–Crippen MR) is 98.0 cm³/mol. The lowest BCUT2D eigenvalue weighted by Crippen LogP contribution is -2.33. The minimum absolute atomic E-state index is 0.0726. The lowest BCUT2D eigenvalue weighted by molar-refractivity contribution is 0.0853. The maximum absolute atomic E-state index is 12.3. The summed E-state index contributed by atoms with van der Waals surface area (Å²) in [5.41, 5.74) is 1.63. The third kappa shape index (κ3) is 5.13. The van der Waals surface area contributed by atoms with Crippen LogP contribution < -0.4 is 10.6 Å². The number of benzene rings is 1. The zero-order chi connectivity index (χ0) is 18.2. The van der Waals surface area contributed by atoms with Crippen molar-refractivity contribution in [3.63, 3.8) is 0 Å². The SMILES string of the molecule is O=C(NCCc1ccccc1)c1cccc(C(=O)NCC2CCCO2)n1. The minimum atomic E-state index is -0.292. The number of ether oxygens (including phenoxy) is 1. The Hall–Kier alpha value is -2.73. The third-order valence-electron chi connectivity index (χ3n) is 4.27. The highest BCUT2D eigenvalue weighted by Crippen LogP contribution is 2.10. The average molecular weight is 353 g/mol. The lowest BCUT2D eigenvalue weighted by atomic mass is 10.1. The van der Waals surface area contributed by atoms with Gasteiger partial charge in [0, 0.05) is 19.7 Å². The number of pyridine rings is 1. The van der Waals surface area contributed by atoms with Crippen molar-refractivity contribution in [2.45, 2.75) is 25.4 Å². The van der Waals surface area contributed by atoms with E-state index in [-0.39, 0.29) is 29.3 Å². The number of carbonyl (C=O) groups excluding carboxylic acids is 2. The molecular formula is C20H23N3O3. The molecule has 1 aromatic heterocycles. The summed E-state index contributed by atoms with van der Waals surface area (Å²) in [5, 5.41) is 5.65. The molecule has 136 valence electrons. The number of nitrogens with zero attached hydrogens (tertiary/aromatic N) is 1. The molecule has 1 aromatic carbocycles. The second-order valence-electron chi connectivity index (χ2n) is 6.24. The molecule has 1 unspecified atom stereocenters. The van der Waals surface area contributed by atoms with Crippen LogP contribution in [0.25, 0.3) is 0 Å². The Morgan fingerprint density at radius 3 is 2.42 bits per heavy atom. The maximum atomic E-state index is 12.3. The fourth-order valence-electron chi connectivity index (χ4n) is 2.85. The van der Waals surface area contributed by atoms with E-state index >= 15 is 0 Å². The molecule has 0 bridgehead atoms. The molecule has 0 spiro atoms. The molecule has 0 radical (unpaired) electrons. The topological polar surface area (TPSA) is 80.3 Å². The first-order valence-corrected chi connectivity index (χ1v) is 8.91. The molecule has 1 fully saturated rings. The van der Waals surface area contributed by atoms with Crippen LogP contribution in [0, 0.1) is 0 Å². The first-order valence-electron chi connectivity index (χ1n) is 8.91. The summed E-state index contributed by atoms with van der Waals surface area (Å²) in [6.07, 6.45) is 2.80. The zero-order valence-corrected chi connectivity index (χ0v) is 14.6. The van der Waals surface area contributed by atoms with Crippen molar-refractivity contribution >= 4 is 11.8 Å². The smallest absolute Gasteiger partial charge is 0.269 e. The Balaban J connectivity index is 1.50. The summed E-state index contributed by atoms with van der Waals surface area (Å²) in [7, 11) is 0. The van der Waals surface area contributed by atoms with E-state index in [0.717, 1.165) is 31.4 Å². The Labute approximate surface area is 153 Å². The number of hydrogen-bond acceptors (Lipinski definition) is 4. The number of aromatic nitrogens is 1. The molecule has 26 heavy (non-hydrogen) atoms. The van der Waals surface area contributed by atoms with Crippen molar-refractivity contribution in [2.75, 3.05) is 19.7 Å². The van der Waals surface area contributed by atoms with Crippen LogP contribution in [0.5, 0.6) is 0 Å². The highest BCUT2D eigenvalue weighted by Gasteiger charge is 2.17. The van der Waals surface area contributed by atoms with Crippen LogP contribution in [0.4, 0.5) is 0 Å². The van der Waals surface area contributed by atoms with Gasteiger partial charge in [-0.15, -0.1) is 0 Å². The Bertz CT molecular complexity index is 743. The summed E-state index contributed by atoms with van der Waals surface area (Å²) >= 11 is 0. The Kier molecular flexibility index (Phi) is 6.33. The number of carbonyl (C=O) groups is 2. The molecule has 6 heteroatoms. The van der Waals surface area contributed by atoms with E-state index in [2.05, 4.69) is 15.6 Å². The normalized spacial score (nSPS) is 16.2. The van der Waals surface area contributed by atoms with Crippen LogP contribution in [0.3, 0.4) is 0 Å². The van der Waals surface area contributed by atoms with E-state index in [1.54, 1.807) is 18.2 Å². The maximum Gasteiger partial charge on any atom is 0.269 e. The Morgan fingerprint density at radius 2 is 1.73 bits per heavy atom. The largest absolute Gasteiger partial charge is 0.376 e. The summed E-state index contributed by atoms with van der Waals surface area (Å²) in [5.74, 6) is -0.575. The van der Waals surface area contributed by atoms with E-state index < -0.39 is 0 Å². The van der Waals surface area contributed by atoms with Crippen molar-refractivity contribution in [3.8, 4) is 0 Å². The standard InChI is InChI=1S/C20H23N3O3/c24-19(21-12-11-15-6-2-1-3-7-15)17-9-4-10-18(23-17)20(25)22-14-16-8-5-13-26-16/h1-4,6-7,9-10,16H,5,8,11-14H2,(H,21,24)(H,22,25). The Morgan fingerprint density at radius 1 is 1.00 bits per heavy atom. The molecule has 0 aliphatic carbocycles. The molecule has 1 aliphatic rings. The van der Waals surface area contributed by atoms with Gasteiger partial charge in [0.25, 0.3) is 11.8 Å². The molecular weight excluding hydrogens is 330 g/mol. The number of rotatable bonds is 7. The van der Waals surface area contributed by atoms with E-state index in [1.165, 1.54) is 0 Å². The van der Waals surface area contributed by atoms with Gasteiger partial charge < -0.3 is 15.4 Å². The van der Waals surface area contributed by atoms with Gasteiger partial charge in [0.2, 0.25) is 0 Å². The van der Waals surface area contributed by atoms with E-state index in [4.69, 9.17) is 4.74 Å². The fourth-order valence-corrected chi connectivity index (χ4v) is 2.85. The van der Waals surface area contributed by atoms with Crippen molar-refractivity contribution in [1.29, 1.82) is 0 Å². The van der Waals surface area contributed by atoms with Crippen LogP contribution in [0.2, 0.25) is 0 Å². The number of nitrogens with one attached hydrogen (secondary N) is 2. The molecule has 1 atom stereocenters. The first-order chi connectivity index (χ1) is 12.7. The molecule has 3 rings (SSSR count). The van der Waals surface area contributed by atoms with Crippen molar-refractivity contribution in [2.24, 2.45) is 0 Å². The van der Waals surface area contributed by atoms with Crippen LogP contribution in [-0.4, -0.2) is 42.6 Å². The molecule has 0 saturated carbocycles. The van der Waals surface area contributed by atoms with Crippen molar-refractivity contribution in [3.05, 3.63) is 65.5 Å². The van der Waals surface area contributed by atoms with Gasteiger partial charge in [0.1, 0.15) is 11.4 Å². The molecule has 1 saturated heterocycles. The van der Waals surface area contributed by atoms with Gasteiger partial charge in [-0.2, -0.15) is 0 Å². The van der Waals surface area contributed by atoms with E-state index in [9.17, 15) is 9.59 Å². The predicted octanol–water partition coefficient (Wildman–Crippen LogP) is 1.96. The average Bonchev–Trinajstić information content (AvgIpc) is 3.20. The van der Waals surface area contributed by atoms with Crippen molar-refractivity contribution < 1.29 is 14.3 Å². The van der Waals surface area contributed by atoms with E-state index in [0.29, 0.717) is 13.1 Å². The molecule has 1 aliphatic heterocycles. The molecule has 6 nitrogen and oxygen atoms in total.